The number of hydrogen-bond donors (Lipinski definition) is 0. The summed E-state index contributed by atoms with van der Waals surface area (Å²) in [5.41, 5.74) is 5.86. The van der Waals surface area contributed by atoms with Gasteiger partial charge in [-0.2, -0.15) is 0 Å². The Morgan fingerprint density at radius 2 is 1.44 bits per heavy atom. The van der Waals surface area contributed by atoms with E-state index in [4.69, 9.17) is 14.7 Å². The number of ether oxygens (including phenoxy) is 1. The van der Waals surface area contributed by atoms with Gasteiger partial charge in [-0.15, -0.1) is 22.7 Å². The summed E-state index contributed by atoms with van der Waals surface area (Å²) in [7, 11) is 0. The van der Waals surface area contributed by atoms with Gasteiger partial charge in [0.15, 0.2) is 11.5 Å². The SMILES string of the molecule is c1ccc2c(c1)Oc1ccccc1N2c1c(-c2cnc3ccccc3n2)sc2ccsc12. The van der Waals surface area contributed by atoms with E-state index in [1.54, 1.807) is 22.7 Å². The third-order valence-corrected chi connectivity index (χ3v) is 7.83. The molecular formula is C26H15N3OS2. The Morgan fingerprint density at radius 1 is 0.750 bits per heavy atom. The van der Waals surface area contributed by atoms with E-state index in [-0.39, 0.29) is 0 Å². The summed E-state index contributed by atoms with van der Waals surface area (Å²) >= 11 is 3.52. The van der Waals surface area contributed by atoms with E-state index in [0.29, 0.717) is 0 Å². The van der Waals surface area contributed by atoms with Crippen LogP contribution in [0.2, 0.25) is 0 Å². The molecule has 152 valence electrons. The summed E-state index contributed by atoms with van der Waals surface area (Å²) in [6.07, 6.45) is 1.89. The van der Waals surface area contributed by atoms with Crippen molar-refractivity contribution in [1.82, 2.24) is 9.97 Å². The highest BCUT2D eigenvalue weighted by atomic mass is 32.1. The third-order valence-electron chi connectivity index (χ3n) is 5.61. The molecule has 7 rings (SSSR count). The zero-order valence-electron chi connectivity index (χ0n) is 16.7. The number of thiophene rings is 2. The van der Waals surface area contributed by atoms with Crippen molar-refractivity contribution in [2.24, 2.45) is 0 Å². The average molecular weight is 450 g/mol. The minimum atomic E-state index is 0.845. The Hall–Kier alpha value is -3.74. The molecule has 0 N–H and O–H groups in total. The normalized spacial score (nSPS) is 12.6. The number of nitrogens with zero attached hydrogens (tertiary/aromatic N) is 3. The summed E-state index contributed by atoms with van der Waals surface area (Å²) in [5.74, 6) is 1.69. The first kappa shape index (κ1) is 17.9. The predicted molar refractivity (Wildman–Crippen MR) is 133 cm³/mol. The fourth-order valence-electron chi connectivity index (χ4n) is 4.20. The molecule has 6 heteroatoms. The standard InChI is InChI=1S/C26H15N3OS2/c1-2-8-17-16(7-1)27-15-18(28-17)25-24(26-23(32-25)13-14-31-26)29-19-9-3-5-11-21(19)30-22-12-6-4-10-20(22)29/h1-15H. The minimum absolute atomic E-state index is 0.845. The second-order valence-corrected chi connectivity index (χ2v) is 9.48. The molecule has 0 saturated carbocycles. The van der Waals surface area contributed by atoms with Crippen molar-refractivity contribution < 1.29 is 4.74 Å². The molecule has 1 aliphatic rings. The second-order valence-electron chi connectivity index (χ2n) is 7.51. The first-order valence-corrected chi connectivity index (χ1v) is 11.9. The van der Waals surface area contributed by atoms with Crippen molar-refractivity contribution in [3.8, 4) is 22.1 Å². The van der Waals surface area contributed by atoms with Crippen molar-refractivity contribution >= 4 is 60.2 Å². The van der Waals surface area contributed by atoms with Crippen LogP contribution in [-0.4, -0.2) is 9.97 Å². The van der Waals surface area contributed by atoms with E-state index >= 15 is 0 Å². The Kier molecular flexibility index (Phi) is 3.85. The fourth-order valence-corrected chi connectivity index (χ4v) is 6.49. The van der Waals surface area contributed by atoms with Crippen LogP contribution in [0, 0.1) is 0 Å². The van der Waals surface area contributed by atoms with Crippen LogP contribution in [0.25, 0.3) is 31.0 Å². The lowest BCUT2D eigenvalue weighted by molar-refractivity contribution is 0.477. The number of para-hydroxylation sites is 6. The number of benzene rings is 3. The smallest absolute Gasteiger partial charge is 0.151 e. The van der Waals surface area contributed by atoms with Gasteiger partial charge in [0.1, 0.15) is 5.69 Å². The van der Waals surface area contributed by atoms with Crippen molar-refractivity contribution in [3.05, 3.63) is 90.4 Å². The van der Waals surface area contributed by atoms with Crippen LogP contribution >= 0.6 is 22.7 Å². The van der Waals surface area contributed by atoms with Gasteiger partial charge in [-0.1, -0.05) is 36.4 Å². The summed E-state index contributed by atoms with van der Waals surface area (Å²) in [6.45, 7) is 0. The molecule has 32 heavy (non-hydrogen) atoms. The molecule has 0 unspecified atom stereocenters. The molecule has 0 spiro atoms. The van der Waals surface area contributed by atoms with Crippen LogP contribution < -0.4 is 9.64 Å². The van der Waals surface area contributed by atoms with Gasteiger partial charge < -0.3 is 9.64 Å². The van der Waals surface area contributed by atoms with Gasteiger partial charge in [-0.05, 0) is 47.8 Å². The van der Waals surface area contributed by atoms with Crippen LogP contribution in [-0.2, 0) is 0 Å². The molecular weight excluding hydrogens is 434 g/mol. The third kappa shape index (κ3) is 2.60. The maximum atomic E-state index is 6.24. The monoisotopic (exact) mass is 449 g/mol. The van der Waals surface area contributed by atoms with E-state index in [9.17, 15) is 0 Å². The number of hydrogen-bond acceptors (Lipinski definition) is 6. The highest BCUT2D eigenvalue weighted by Gasteiger charge is 2.30. The van der Waals surface area contributed by atoms with Gasteiger partial charge in [0.2, 0.25) is 0 Å². The number of fused-ring (bicyclic) bond motifs is 4. The summed E-state index contributed by atoms with van der Waals surface area (Å²) in [5, 5.41) is 2.15. The zero-order valence-corrected chi connectivity index (χ0v) is 18.4. The number of rotatable bonds is 2. The minimum Gasteiger partial charge on any atom is -0.453 e. The van der Waals surface area contributed by atoms with Crippen LogP contribution in [0.4, 0.5) is 17.1 Å². The van der Waals surface area contributed by atoms with E-state index in [1.807, 2.05) is 54.7 Å². The maximum absolute atomic E-state index is 6.24. The Balaban J connectivity index is 1.54. The van der Waals surface area contributed by atoms with E-state index in [0.717, 1.165) is 50.2 Å². The lowest BCUT2D eigenvalue weighted by Gasteiger charge is -2.32. The van der Waals surface area contributed by atoms with E-state index < -0.39 is 0 Å². The Bertz CT molecular complexity index is 1590. The van der Waals surface area contributed by atoms with Crippen LogP contribution in [0.15, 0.2) is 90.4 Å². The fraction of sp³-hybridized carbons (Fsp3) is 0. The maximum Gasteiger partial charge on any atom is 0.151 e. The highest BCUT2D eigenvalue weighted by Crippen LogP contribution is 2.56. The van der Waals surface area contributed by atoms with Gasteiger partial charge in [0.05, 0.1) is 43.9 Å². The second kappa shape index (κ2) is 6.88. The lowest BCUT2D eigenvalue weighted by Crippen LogP contribution is -2.15. The van der Waals surface area contributed by atoms with Crippen LogP contribution in [0.1, 0.15) is 0 Å². The van der Waals surface area contributed by atoms with Gasteiger partial charge in [-0.3, -0.25) is 4.98 Å². The van der Waals surface area contributed by atoms with Gasteiger partial charge in [0.25, 0.3) is 0 Å². The molecule has 0 aliphatic carbocycles. The zero-order chi connectivity index (χ0) is 21.1. The number of anilines is 3. The summed E-state index contributed by atoms with van der Waals surface area (Å²) in [4.78, 5) is 13.1. The molecule has 0 radical (unpaired) electrons. The quantitative estimate of drug-likeness (QED) is 0.267. The summed E-state index contributed by atoms with van der Waals surface area (Å²) < 4.78 is 8.73. The molecule has 0 bridgehead atoms. The van der Waals surface area contributed by atoms with Gasteiger partial charge in [-0.25, -0.2) is 4.98 Å². The highest BCUT2D eigenvalue weighted by molar-refractivity contribution is 7.30. The molecule has 0 atom stereocenters. The predicted octanol–water partition coefficient (Wildman–Crippen LogP) is 8.15. The first-order chi connectivity index (χ1) is 15.9. The Labute approximate surface area is 192 Å². The molecule has 0 amide bonds. The van der Waals surface area contributed by atoms with E-state index in [2.05, 4.69) is 40.6 Å². The van der Waals surface area contributed by atoms with Crippen molar-refractivity contribution in [1.29, 1.82) is 0 Å². The van der Waals surface area contributed by atoms with Crippen LogP contribution in [0.3, 0.4) is 0 Å². The van der Waals surface area contributed by atoms with Crippen molar-refractivity contribution in [2.45, 2.75) is 0 Å². The first-order valence-electron chi connectivity index (χ1n) is 10.2. The van der Waals surface area contributed by atoms with Gasteiger partial charge in [0, 0.05) is 4.70 Å². The van der Waals surface area contributed by atoms with E-state index in [1.165, 1.54) is 9.40 Å². The largest absolute Gasteiger partial charge is 0.453 e. The molecule has 4 nitrogen and oxygen atoms in total. The molecule has 3 aromatic carbocycles. The average Bonchev–Trinajstić information content (AvgIpc) is 3.44. The van der Waals surface area contributed by atoms with Crippen LogP contribution in [0.5, 0.6) is 11.5 Å². The summed E-state index contributed by atoms with van der Waals surface area (Å²) in [6, 6.07) is 26.6. The molecule has 6 aromatic rings. The Morgan fingerprint density at radius 3 is 2.22 bits per heavy atom. The molecule has 4 heterocycles. The van der Waals surface area contributed by atoms with Crippen molar-refractivity contribution in [2.75, 3.05) is 4.90 Å². The molecule has 0 saturated heterocycles. The number of aromatic nitrogens is 2. The molecule has 1 aliphatic heterocycles. The van der Waals surface area contributed by atoms with Crippen molar-refractivity contribution in [3.63, 3.8) is 0 Å². The lowest BCUT2D eigenvalue weighted by atomic mass is 10.1. The molecule has 3 aromatic heterocycles. The van der Waals surface area contributed by atoms with Gasteiger partial charge >= 0.3 is 0 Å². The topological polar surface area (TPSA) is 38.2 Å². The molecule has 0 fully saturated rings.